The standard InChI is InChI=1S/C22H29F3N3O7P/c1-15(2)33-19(30)11-27-36(35-17-7-5-4-6-8-17)32-14-22(20(24)25)10-9-18(34-22)28(21(31)26-3)12-16(23)13-29/h4-8,12-13,15,18,20,27H,9-11,14H2,1-3H3,(H,26,31)/b16-12+. The fraction of sp³-hybridized carbons (Fsp3) is 0.500. The Hall–Kier alpha value is -2.73. The van der Waals surface area contributed by atoms with E-state index in [-0.39, 0.29) is 31.8 Å². The van der Waals surface area contributed by atoms with Crippen molar-refractivity contribution in [1.82, 2.24) is 15.3 Å². The van der Waals surface area contributed by atoms with Gasteiger partial charge in [0.2, 0.25) is 0 Å². The molecule has 1 aliphatic rings. The number of urea groups is 1. The molecule has 3 unspecified atom stereocenters. The van der Waals surface area contributed by atoms with Crippen molar-refractivity contribution in [3.8, 4) is 5.75 Å². The Morgan fingerprint density at radius 1 is 1.31 bits per heavy atom. The molecule has 3 atom stereocenters. The molecule has 1 aromatic carbocycles. The summed E-state index contributed by atoms with van der Waals surface area (Å²) in [5.74, 6) is -1.51. The van der Waals surface area contributed by atoms with Crippen LogP contribution in [0.25, 0.3) is 0 Å². The highest BCUT2D eigenvalue weighted by Gasteiger charge is 2.51. The summed E-state index contributed by atoms with van der Waals surface area (Å²) in [5, 5.41) is 4.96. The largest absolute Gasteiger partial charge is 0.462 e. The minimum atomic E-state index is -3.05. The van der Waals surface area contributed by atoms with Crippen molar-refractivity contribution in [3.05, 3.63) is 42.4 Å². The normalized spacial score (nSPS) is 20.8. The first-order valence-electron chi connectivity index (χ1n) is 11.0. The maximum atomic E-state index is 14.2. The molecule has 2 rings (SSSR count). The molecule has 1 saturated heterocycles. The summed E-state index contributed by atoms with van der Waals surface area (Å²) in [6.07, 6.45) is -4.57. The van der Waals surface area contributed by atoms with Crippen LogP contribution >= 0.6 is 8.53 Å². The summed E-state index contributed by atoms with van der Waals surface area (Å²) in [4.78, 5) is 35.4. The molecule has 0 aliphatic carbocycles. The topological polar surface area (TPSA) is 115 Å². The zero-order valence-corrected chi connectivity index (χ0v) is 20.9. The molecule has 1 fully saturated rings. The number of allylic oxidation sites excluding steroid dienone is 1. The van der Waals surface area contributed by atoms with E-state index in [1.54, 1.807) is 44.2 Å². The van der Waals surface area contributed by atoms with Gasteiger partial charge in [-0.25, -0.2) is 23.1 Å². The zero-order valence-electron chi connectivity index (χ0n) is 20.0. The number of halogens is 3. The van der Waals surface area contributed by atoms with E-state index in [1.807, 2.05) is 0 Å². The summed E-state index contributed by atoms with van der Waals surface area (Å²) in [6, 6.07) is 7.52. The Morgan fingerprint density at radius 3 is 2.58 bits per heavy atom. The second-order valence-corrected chi connectivity index (χ2v) is 9.15. The summed E-state index contributed by atoms with van der Waals surface area (Å²) >= 11 is 0. The van der Waals surface area contributed by atoms with Crippen LogP contribution in [0.4, 0.5) is 18.0 Å². The van der Waals surface area contributed by atoms with E-state index in [0.29, 0.717) is 16.8 Å². The highest BCUT2D eigenvalue weighted by Crippen LogP contribution is 2.42. The number of alkyl halides is 2. The lowest BCUT2D eigenvalue weighted by atomic mass is 10.0. The van der Waals surface area contributed by atoms with Crippen LogP contribution in [0.15, 0.2) is 42.4 Å². The molecule has 0 spiro atoms. The van der Waals surface area contributed by atoms with Crippen LogP contribution < -0.4 is 14.9 Å². The van der Waals surface area contributed by atoms with Crippen molar-refractivity contribution in [3.63, 3.8) is 0 Å². The number of nitrogens with zero attached hydrogens (tertiary/aromatic N) is 1. The van der Waals surface area contributed by atoms with Crippen molar-refractivity contribution in [1.29, 1.82) is 0 Å². The summed E-state index contributed by atoms with van der Waals surface area (Å²) in [7, 11) is -0.850. The lowest BCUT2D eigenvalue weighted by Crippen LogP contribution is -2.47. The minimum absolute atomic E-state index is 0.0879. The molecule has 0 bridgehead atoms. The van der Waals surface area contributed by atoms with Crippen LogP contribution in [0.1, 0.15) is 26.7 Å². The van der Waals surface area contributed by atoms with Crippen LogP contribution in [0.3, 0.4) is 0 Å². The molecule has 1 aromatic rings. The lowest BCUT2D eigenvalue weighted by molar-refractivity contribution is -0.167. The van der Waals surface area contributed by atoms with E-state index < -0.39 is 51.2 Å². The number of amides is 2. The van der Waals surface area contributed by atoms with Crippen LogP contribution in [0.5, 0.6) is 5.75 Å². The monoisotopic (exact) mass is 535 g/mol. The van der Waals surface area contributed by atoms with Crippen molar-refractivity contribution in [2.45, 2.75) is 51.0 Å². The maximum Gasteiger partial charge on any atom is 0.323 e. The van der Waals surface area contributed by atoms with Crippen molar-refractivity contribution < 1.29 is 46.1 Å². The molecule has 1 heterocycles. The molecular formula is C22H29F3N3O7P. The highest BCUT2D eigenvalue weighted by atomic mass is 31.2. The third kappa shape index (κ3) is 8.74. The van der Waals surface area contributed by atoms with Crippen LogP contribution in [-0.2, 0) is 23.6 Å². The number of para-hydroxylation sites is 1. The average molecular weight is 535 g/mol. The van der Waals surface area contributed by atoms with Gasteiger partial charge < -0.3 is 23.8 Å². The third-order valence-electron chi connectivity index (χ3n) is 4.79. The molecule has 0 radical (unpaired) electrons. The molecule has 1 aliphatic heterocycles. The summed E-state index contributed by atoms with van der Waals surface area (Å²) < 4.78 is 63.8. The Balaban J connectivity index is 2.15. The number of hydrogen-bond donors (Lipinski definition) is 2. The number of hydrogen-bond acceptors (Lipinski definition) is 8. The summed E-state index contributed by atoms with van der Waals surface area (Å²) in [6.45, 7) is 2.38. The van der Waals surface area contributed by atoms with Gasteiger partial charge in [0.1, 0.15) is 18.5 Å². The molecule has 200 valence electrons. The first-order valence-corrected chi connectivity index (χ1v) is 12.2. The number of benzene rings is 1. The van der Waals surface area contributed by atoms with Gasteiger partial charge in [-0.3, -0.25) is 14.5 Å². The number of nitrogens with one attached hydrogen (secondary N) is 2. The molecular weight excluding hydrogens is 506 g/mol. The quantitative estimate of drug-likeness (QED) is 0.170. The summed E-state index contributed by atoms with van der Waals surface area (Å²) in [5.41, 5.74) is -2.16. The van der Waals surface area contributed by atoms with E-state index >= 15 is 0 Å². The smallest absolute Gasteiger partial charge is 0.323 e. The van der Waals surface area contributed by atoms with Crippen LogP contribution in [0, 0.1) is 0 Å². The van der Waals surface area contributed by atoms with E-state index in [1.165, 1.54) is 7.05 Å². The van der Waals surface area contributed by atoms with Gasteiger partial charge in [0.05, 0.1) is 18.9 Å². The second-order valence-electron chi connectivity index (χ2n) is 7.88. The van der Waals surface area contributed by atoms with Gasteiger partial charge in [0, 0.05) is 7.05 Å². The van der Waals surface area contributed by atoms with Crippen molar-refractivity contribution in [2.75, 3.05) is 20.2 Å². The van der Waals surface area contributed by atoms with Gasteiger partial charge in [-0.1, -0.05) is 18.2 Å². The molecule has 10 nitrogen and oxygen atoms in total. The molecule has 2 N–H and O–H groups in total. The first-order chi connectivity index (χ1) is 17.1. The predicted molar refractivity (Wildman–Crippen MR) is 124 cm³/mol. The number of aldehydes is 1. The Labute approximate surface area is 208 Å². The molecule has 0 aromatic heterocycles. The molecule has 36 heavy (non-hydrogen) atoms. The molecule has 0 saturated carbocycles. The van der Waals surface area contributed by atoms with Gasteiger partial charge in [-0.15, -0.1) is 0 Å². The average Bonchev–Trinajstić information content (AvgIpc) is 3.29. The Morgan fingerprint density at radius 2 is 2.00 bits per heavy atom. The van der Waals surface area contributed by atoms with E-state index in [4.69, 9.17) is 18.5 Å². The predicted octanol–water partition coefficient (Wildman–Crippen LogP) is 3.64. The number of carbonyl (C=O) groups excluding carboxylic acids is 3. The molecule has 14 heteroatoms. The second kappa shape index (κ2) is 14.1. The Kier molecular flexibility index (Phi) is 11.6. The van der Waals surface area contributed by atoms with E-state index in [0.717, 1.165) is 0 Å². The number of esters is 1. The van der Waals surface area contributed by atoms with Crippen LogP contribution in [-0.4, -0.2) is 67.7 Å². The van der Waals surface area contributed by atoms with E-state index in [2.05, 4.69) is 10.4 Å². The third-order valence-corrected chi connectivity index (χ3v) is 5.95. The Bertz CT molecular complexity index is 910. The lowest BCUT2D eigenvalue weighted by Gasteiger charge is -2.32. The van der Waals surface area contributed by atoms with Gasteiger partial charge in [0.15, 0.2) is 17.7 Å². The van der Waals surface area contributed by atoms with Gasteiger partial charge in [0.25, 0.3) is 6.43 Å². The van der Waals surface area contributed by atoms with Crippen molar-refractivity contribution in [2.24, 2.45) is 0 Å². The number of carbonyl (C=O) groups is 3. The SMILES string of the molecule is CNC(=O)N(/C=C(/F)C=O)C1CCC(COP(NCC(=O)OC(C)C)Oc2ccccc2)(C(F)F)O1. The van der Waals surface area contributed by atoms with Crippen molar-refractivity contribution >= 4 is 26.8 Å². The molecule has 2 amide bonds. The maximum absolute atomic E-state index is 14.2. The van der Waals surface area contributed by atoms with Crippen LogP contribution in [0.2, 0.25) is 0 Å². The van der Waals surface area contributed by atoms with Gasteiger partial charge >= 0.3 is 20.5 Å². The minimum Gasteiger partial charge on any atom is -0.462 e. The van der Waals surface area contributed by atoms with Gasteiger partial charge in [-0.2, -0.15) is 0 Å². The zero-order chi connectivity index (χ0) is 26.7. The highest BCUT2D eigenvalue weighted by molar-refractivity contribution is 7.45. The first kappa shape index (κ1) is 29.5. The fourth-order valence-corrected chi connectivity index (χ4v) is 4.25. The van der Waals surface area contributed by atoms with Gasteiger partial charge in [-0.05, 0) is 38.8 Å². The number of ether oxygens (including phenoxy) is 2. The van der Waals surface area contributed by atoms with E-state index in [9.17, 15) is 27.6 Å². The number of rotatable bonds is 13. The fourth-order valence-electron chi connectivity index (χ4n) is 3.13.